The second-order valence-electron chi connectivity index (χ2n) is 3.09. The van der Waals surface area contributed by atoms with Crippen LogP contribution in [0.4, 0.5) is 0 Å². The Kier molecular flexibility index (Phi) is 2.84. The predicted molar refractivity (Wildman–Crippen MR) is 62.6 cm³/mol. The standard InChI is InChI=1S/C11H8ClNOS/c1-7(14)10-6-13-11(15-10)8-2-4-9(12)5-3-8/h2-6H,1H3. The molecule has 4 heteroatoms. The number of carbonyl (C=O) groups excluding carboxylic acids is 1. The van der Waals surface area contributed by atoms with Gasteiger partial charge in [0.2, 0.25) is 0 Å². The van der Waals surface area contributed by atoms with E-state index in [0.29, 0.717) is 9.90 Å². The van der Waals surface area contributed by atoms with Crippen molar-refractivity contribution in [2.24, 2.45) is 0 Å². The van der Waals surface area contributed by atoms with Gasteiger partial charge in [-0.1, -0.05) is 23.7 Å². The first kappa shape index (κ1) is 10.3. The molecule has 0 amide bonds. The highest BCUT2D eigenvalue weighted by Crippen LogP contribution is 2.26. The molecule has 0 saturated carbocycles. The van der Waals surface area contributed by atoms with E-state index in [1.165, 1.54) is 11.3 Å². The monoisotopic (exact) mass is 237 g/mol. The van der Waals surface area contributed by atoms with E-state index in [-0.39, 0.29) is 5.78 Å². The summed E-state index contributed by atoms with van der Waals surface area (Å²) in [5.41, 5.74) is 0.983. The van der Waals surface area contributed by atoms with Crippen LogP contribution in [0, 0.1) is 0 Å². The molecule has 0 aliphatic heterocycles. The molecule has 0 aliphatic carbocycles. The third-order valence-electron chi connectivity index (χ3n) is 1.94. The van der Waals surface area contributed by atoms with Crippen molar-refractivity contribution >= 4 is 28.7 Å². The predicted octanol–water partition coefficient (Wildman–Crippen LogP) is 3.67. The maximum atomic E-state index is 11.1. The van der Waals surface area contributed by atoms with Gasteiger partial charge < -0.3 is 0 Å². The van der Waals surface area contributed by atoms with Gasteiger partial charge in [0.05, 0.1) is 4.88 Å². The van der Waals surface area contributed by atoms with E-state index in [9.17, 15) is 4.79 Å². The number of Topliss-reactive ketones (excluding diaryl/α,β-unsaturated/α-hetero) is 1. The quantitative estimate of drug-likeness (QED) is 0.746. The van der Waals surface area contributed by atoms with E-state index in [0.717, 1.165) is 10.6 Å². The molecule has 15 heavy (non-hydrogen) atoms. The summed E-state index contributed by atoms with van der Waals surface area (Å²) in [6.07, 6.45) is 1.61. The van der Waals surface area contributed by atoms with Crippen LogP contribution >= 0.6 is 22.9 Å². The fourth-order valence-electron chi connectivity index (χ4n) is 1.16. The molecule has 1 heterocycles. The molecule has 76 valence electrons. The van der Waals surface area contributed by atoms with Gasteiger partial charge in [0, 0.05) is 23.7 Å². The second-order valence-corrected chi connectivity index (χ2v) is 4.56. The summed E-state index contributed by atoms with van der Waals surface area (Å²) in [6.45, 7) is 1.54. The molecule has 2 nitrogen and oxygen atoms in total. The molecule has 0 bridgehead atoms. The normalized spacial score (nSPS) is 10.3. The summed E-state index contributed by atoms with van der Waals surface area (Å²) >= 11 is 7.18. The Morgan fingerprint density at radius 1 is 1.33 bits per heavy atom. The largest absolute Gasteiger partial charge is 0.294 e. The van der Waals surface area contributed by atoms with Crippen molar-refractivity contribution in [1.82, 2.24) is 4.98 Å². The zero-order valence-electron chi connectivity index (χ0n) is 8.03. The van der Waals surface area contributed by atoms with Crippen LogP contribution in [0.1, 0.15) is 16.6 Å². The molecular weight excluding hydrogens is 230 g/mol. The fraction of sp³-hybridized carbons (Fsp3) is 0.0909. The lowest BCUT2D eigenvalue weighted by Crippen LogP contribution is -1.83. The Bertz CT molecular complexity index is 490. The smallest absolute Gasteiger partial charge is 0.171 e. The van der Waals surface area contributed by atoms with E-state index in [1.807, 2.05) is 24.3 Å². The summed E-state index contributed by atoms with van der Waals surface area (Å²) < 4.78 is 0. The van der Waals surface area contributed by atoms with Gasteiger partial charge in [-0.25, -0.2) is 4.98 Å². The van der Waals surface area contributed by atoms with Crippen LogP contribution in [0.3, 0.4) is 0 Å². The Balaban J connectivity index is 2.37. The number of halogens is 1. The SMILES string of the molecule is CC(=O)c1cnc(-c2ccc(Cl)cc2)s1. The molecule has 1 aromatic heterocycles. The summed E-state index contributed by atoms with van der Waals surface area (Å²) in [5, 5.41) is 1.54. The number of aromatic nitrogens is 1. The first-order valence-electron chi connectivity index (χ1n) is 4.39. The molecule has 0 spiro atoms. The van der Waals surface area contributed by atoms with E-state index >= 15 is 0 Å². The number of thiazole rings is 1. The topological polar surface area (TPSA) is 30.0 Å². The maximum absolute atomic E-state index is 11.1. The molecule has 0 radical (unpaired) electrons. The molecule has 0 saturated heterocycles. The zero-order chi connectivity index (χ0) is 10.8. The van der Waals surface area contributed by atoms with Crippen LogP contribution in [0.25, 0.3) is 10.6 Å². The lowest BCUT2D eigenvalue weighted by atomic mass is 10.2. The van der Waals surface area contributed by atoms with Crippen molar-refractivity contribution in [3.8, 4) is 10.6 Å². The van der Waals surface area contributed by atoms with Gasteiger partial charge in [-0.15, -0.1) is 11.3 Å². The first-order chi connectivity index (χ1) is 7.16. The van der Waals surface area contributed by atoms with Gasteiger partial charge in [-0.2, -0.15) is 0 Å². The Hall–Kier alpha value is -1.19. The Labute approximate surface area is 96.5 Å². The maximum Gasteiger partial charge on any atom is 0.171 e. The average molecular weight is 238 g/mol. The minimum absolute atomic E-state index is 0.0488. The number of hydrogen-bond donors (Lipinski definition) is 0. The number of nitrogens with zero attached hydrogens (tertiary/aromatic N) is 1. The third kappa shape index (κ3) is 2.25. The number of benzene rings is 1. The number of ketones is 1. The number of rotatable bonds is 2. The molecule has 0 unspecified atom stereocenters. The van der Waals surface area contributed by atoms with Crippen molar-refractivity contribution in [2.75, 3.05) is 0 Å². The van der Waals surface area contributed by atoms with Gasteiger partial charge in [0.15, 0.2) is 5.78 Å². The summed E-state index contributed by atoms with van der Waals surface area (Å²) in [6, 6.07) is 7.41. The van der Waals surface area contributed by atoms with Gasteiger partial charge >= 0.3 is 0 Å². The Morgan fingerprint density at radius 2 is 2.00 bits per heavy atom. The van der Waals surface area contributed by atoms with Crippen molar-refractivity contribution in [2.45, 2.75) is 6.92 Å². The molecule has 2 rings (SSSR count). The highest BCUT2D eigenvalue weighted by Gasteiger charge is 2.07. The Morgan fingerprint density at radius 3 is 2.53 bits per heavy atom. The van der Waals surface area contributed by atoms with E-state index in [2.05, 4.69) is 4.98 Å². The van der Waals surface area contributed by atoms with E-state index in [1.54, 1.807) is 13.1 Å². The van der Waals surface area contributed by atoms with Gasteiger partial charge in [-0.05, 0) is 12.1 Å². The molecule has 2 aromatic rings. The van der Waals surface area contributed by atoms with Gasteiger partial charge in [0.25, 0.3) is 0 Å². The molecule has 1 aromatic carbocycles. The van der Waals surface area contributed by atoms with Crippen LogP contribution in [0.2, 0.25) is 5.02 Å². The van der Waals surface area contributed by atoms with Crippen molar-refractivity contribution in [1.29, 1.82) is 0 Å². The summed E-state index contributed by atoms with van der Waals surface area (Å²) in [4.78, 5) is 16.0. The van der Waals surface area contributed by atoms with E-state index in [4.69, 9.17) is 11.6 Å². The second kappa shape index (κ2) is 4.13. The highest BCUT2D eigenvalue weighted by molar-refractivity contribution is 7.16. The molecular formula is C11H8ClNOS. The zero-order valence-corrected chi connectivity index (χ0v) is 9.60. The average Bonchev–Trinajstić information content (AvgIpc) is 2.68. The van der Waals surface area contributed by atoms with Crippen LogP contribution in [0.15, 0.2) is 30.5 Å². The van der Waals surface area contributed by atoms with E-state index < -0.39 is 0 Å². The fourth-order valence-corrected chi connectivity index (χ4v) is 2.11. The first-order valence-corrected chi connectivity index (χ1v) is 5.59. The van der Waals surface area contributed by atoms with Gasteiger partial charge in [-0.3, -0.25) is 4.79 Å². The molecule has 0 N–H and O–H groups in total. The van der Waals surface area contributed by atoms with Crippen molar-refractivity contribution in [3.63, 3.8) is 0 Å². The number of carbonyl (C=O) groups is 1. The minimum Gasteiger partial charge on any atom is -0.294 e. The lowest BCUT2D eigenvalue weighted by Gasteiger charge is -1.94. The molecule has 0 atom stereocenters. The minimum atomic E-state index is 0.0488. The van der Waals surface area contributed by atoms with Crippen LogP contribution < -0.4 is 0 Å². The molecule has 0 fully saturated rings. The lowest BCUT2D eigenvalue weighted by molar-refractivity contribution is 0.102. The van der Waals surface area contributed by atoms with Gasteiger partial charge in [0.1, 0.15) is 5.01 Å². The van der Waals surface area contributed by atoms with Crippen molar-refractivity contribution in [3.05, 3.63) is 40.4 Å². The highest BCUT2D eigenvalue weighted by atomic mass is 35.5. The van der Waals surface area contributed by atoms with Crippen molar-refractivity contribution < 1.29 is 4.79 Å². The summed E-state index contributed by atoms with van der Waals surface area (Å²) in [5.74, 6) is 0.0488. The summed E-state index contributed by atoms with van der Waals surface area (Å²) in [7, 11) is 0. The van der Waals surface area contributed by atoms with Crippen LogP contribution in [0.5, 0.6) is 0 Å². The molecule has 0 aliphatic rings. The third-order valence-corrected chi connectivity index (χ3v) is 3.34. The number of hydrogen-bond acceptors (Lipinski definition) is 3. The van der Waals surface area contributed by atoms with Crippen LogP contribution in [-0.2, 0) is 0 Å². The van der Waals surface area contributed by atoms with Crippen LogP contribution in [-0.4, -0.2) is 10.8 Å².